The molecular weight excluding hydrogens is 310 g/mol. The summed E-state index contributed by atoms with van der Waals surface area (Å²) in [6.07, 6.45) is 6.95. The molecule has 1 aromatic rings. The van der Waals surface area contributed by atoms with E-state index in [2.05, 4.69) is 17.0 Å². The second-order valence-electron chi connectivity index (χ2n) is 6.56. The van der Waals surface area contributed by atoms with Crippen LogP contribution in [0.15, 0.2) is 30.3 Å². The summed E-state index contributed by atoms with van der Waals surface area (Å²) in [4.78, 5) is 15.5. The predicted octanol–water partition coefficient (Wildman–Crippen LogP) is 3.95. The first-order valence-corrected chi connectivity index (χ1v) is 8.76. The number of nitrogens with zero attached hydrogens (tertiary/aromatic N) is 1. The molecule has 1 saturated carbocycles. The Kier molecular flexibility index (Phi) is 6.49. The van der Waals surface area contributed by atoms with Gasteiger partial charge in [-0.15, -0.1) is 12.4 Å². The van der Waals surface area contributed by atoms with Crippen molar-refractivity contribution in [3.05, 3.63) is 35.9 Å². The highest BCUT2D eigenvalue weighted by atomic mass is 35.5. The van der Waals surface area contributed by atoms with Crippen LogP contribution < -0.4 is 0 Å². The Balaban J connectivity index is 0.00000192. The number of hydrogen-bond donors (Lipinski definition) is 0. The van der Waals surface area contributed by atoms with E-state index in [1.807, 2.05) is 25.1 Å². The molecule has 2 atom stereocenters. The number of carbonyl (C=O) groups is 1. The summed E-state index contributed by atoms with van der Waals surface area (Å²) in [7, 11) is 0. The normalized spacial score (nSPS) is 28.1. The standard InChI is InChI=1S/C19H27NO2.ClH/c1-2-22-18(21)19(16-10-5-3-6-11-16)13-9-12-17(19)20-14-7-4-8-15-20;/h3,5-6,10-11,17H,2,4,7-9,12-15H2,1H3;1H. The van der Waals surface area contributed by atoms with Crippen LogP contribution in [0.25, 0.3) is 0 Å². The molecule has 0 N–H and O–H groups in total. The van der Waals surface area contributed by atoms with Crippen molar-refractivity contribution >= 4 is 18.4 Å². The number of hydrogen-bond acceptors (Lipinski definition) is 3. The summed E-state index contributed by atoms with van der Waals surface area (Å²) in [6, 6.07) is 10.6. The zero-order chi connectivity index (χ0) is 15.4. The molecular formula is C19H28ClNO2. The number of benzene rings is 1. The second-order valence-corrected chi connectivity index (χ2v) is 6.56. The van der Waals surface area contributed by atoms with Gasteiger partial charge in [0.1, 0.15) is 5.41 Å². The summed E-state index contributed by atoms with van der Waals surface area (Å²) in [5.41, 5.74) is 0.677. The molecule has 0 aromatic heterocycles. The maximum Gasteiger partial charge on any atom is 0.318 e. The van der Waals surface area contributed by atoms with E-state index in [1.54, 1.807) is 0 Å². The van der Waals surface area contributed by atoms with E-state index in [9.17, 15) is 4.79 Å². The predicted molar refractivity (Wildman–Crippen MR) is 95.1 cm³/mol. The molecule has 2 fully saturated rings. The fourth-order valence-corrected chi connectivity index (χ4v) is 4.40. The Labute approximate surface area is 145 Å². The van der Waals surface area contributed by atoms with Gasteiger partial charge in [0, 0.05) is 6.04 Å². The fourth-order valence-electron chi connectivity index (χ4n) is 4.40. The number of likely N-dealkylation sites (tertiary alicyclic amines) is 1. The van der Waals surface area contributed by atoms with Crippen molar-refractivity contribution in [1.82, 2.24) is 4.90 Å². The first kappa shape index (κ1) is 18.3. The maximum absolute atomic E-state index is 13.0. The molecule has 0 amide bonds. The lowest BCUT2D eigenvalue weighted by Crippen LogP contribution is -2.53. The van der Waals surface area contributed by atoms with Gasteiger partial charge in [-0.05, 0) is 51.3 Å². The van der Waals surface area contributed by atoms with Gasteiger partial charge in [-0.2, -0.15) is 0 Å². The van der Waals surface area contributed by atoms with Crippen LogP contribution in [-0.4, -0.2) is 36.6 Å². The highest BCUT2D eigenvalue weighted by Crippen LogP contribution is 2.45. The Morgan fingerprint density at radius 3 is 2.52 bits per heavy atom. The lowest BCUT2D eigenvalue weighted by molar-refractivity contribution is -0.152. The van der Waals surface area contributed by atoms with Crippen LogP contribution in [-0.2, 0) is 14.9 Å². The molecule has 0 bridgehead atoms. The Morgan fingerprint density at radius 2 is 1.87 bits per heavy atom. The lowest BCUT2D eigenvalue weighted by Gasteiger charge is -2.42. The van der Waals surface area contributed by atoms with E-state index >= 15 is 0 Å². The smallest absolute Gasteiger partial charge is 0.318 e. The minimum atomic E-state index is -0.464. The summed E-state index contributed by atoms with van der Waals surface area (Å²) in [6.45, 7) is 4.61. The van der Waals surface area contributed by atoms with Crippen molar-refractivity contribution < 1.29 is 9.53 Å². The molecule has 1 aliphatic carbocycles. The average molecular weight is 338 g/mol. The molecule has 23 heavy (non-hydrogen) atoms. The molecule has 0 radical (unpaired) electrons. The van der Waals surface area contributed by atoms with Gasteiger partial charge in [-0.3, -0.25) is 9.69 Å². The quantitative estimate of drug-likeness (QED) is 0.779. The van der Waals surface area contributed by atoms with Crippen molar-refractivity contribution in [3.63, 3.8) is 0 Å². The van der Waals surface area contributed by atoms with Crippen LogP contribution >= 0.6 is 12.4 Å². The van der Waals surface area contributed by atoms with E-state index in [4.69, 9.17) is 4.74 Å². The van der Waals surface area contributed by atoms with Gasteiger partial charge in [0.05, 0.1) is 6.61 Å². The molecule has 4 heteroatoms. The molecule has 0 spiro atoms. The van der Waals surface area contributed by atoms with Gasteiger partial charge in [0.25, 0.3) is 0 Å². The van der Waals surface area contributed by atoms with Crippen molar-refractivity contribution in [2.24, 2.45) is 0 Å². The van der Waals surface area contributed by atoms with Gasteiger partial charge in [0.15, 0.2) is 0 Å². The molecule has 1 heterocycles. The summed E-state index contributed by atoms with van der Waals surface area (Å²) >= 11 is 0. The van der Waals surface area contributed by atoms with Gasteiger partial charge in [-0.1, -0.05) is 43.2 Å². The third-order valence-electron chi connectivity index (χ3n) is 5.38. The molecule has 2 unspecified atom stereocenters. The molecule has 1 aromatic carbocycles. The largest absolute Gasteiger partial charge is 0.465 e. The van der Waals surface area contributed by atoms with Crippen LogP contribution in [0.1, 0.15) is 51.0 Å². The molecule has 1 saturated heterocycles. The monoisotopic (exact) mass is 337 g/mol. The molecule has 2 aliphatic rings. The number of esters is 1. The fraction of sp³-hybridized carbons (Fsp3) is 0.632. The minimum Gasteiger partial charge on any atom is -0.465 e. The van der Waals surface area contributed by atoms with E-state index in [0.29, 0.717) is 12.6 Å². The maximum atomic E-state index is 13.0. The van der Waals surface area contributed by atoms with Gasteiger partial charge < -0.3 is 4.74 Å². The first-order chi connectivity index (χ1) is 10.8. The molecule has 1 aliphatic heterocycles. The van der Waals surface area contributed by atoms with Crippen LogP contribution in [0.4, 0.5) is 0 Å². The second kappa shape index (κ2) is 8.16. The highest BCUT2D eigenvalue weighted by molar-refractivity contribution is 5.85. The van der Waals surface area contributed by atoms with Gasteiger partial charge in [-0.25, -0.2) is 0 Å². The zero-order valence-electron chi connectivity index (χ0n) is 14.0. The highest BCUT2D eigenvalue weighted by Gasteiger charge is 2.53. The van der Waals surface area contributed by atoms with Crippen molar-refractivity contribution in [2.45, 2.75) is 56.9 Å². The van der Waals surface area contributed by atoms with Crippen LogP contribution in [0, 0.1) is 0 Å². The average Bonchev–Trinajstić information content (AvgIpc) is 3.03. The third-order valence-corrected chi connectivity index (χ3v) is 5.38. The number of ether oxygens (including phenoxy) is 1. The van der Waals surface area contributed by atoms with Crippen LogP contribution in [0.3, 0.4) is 0 Å². The van der Waals surface area contributed by atoms with Crippen LogP contribution in [0.2, 0.25) is 0 Å². The minimum absolute atomic E-state index is 0. The van der Waals surface area contributed by atoms with Crippen molar-refractivity contribution in [1.29, 1.82) is 0 Å². The third kappa shape index (κ3) is 3.41. The van der Waals surface area contributed by atoms with Crippen molar-refractivity contribution in [2.75, 3.05) is 19.7 Å². The summed E-state index contributed by atoms with van der Waals surface area (Å²) < 4.78 is 5.54. The van der Waals surface area contributed by atoms with E-state index < -0.39 is 5.41 Å². The Morgan fingerprint density at radius 1 is 1.17 bits per heavy atom. The SMILES string of the molecule is CCOC(=O)C1(c2ccccc2)CCCC1N1CCCCC1.Cl. The number of halogens is 1. The topological polar surface area (TPSA) is 29.5 Å². The number of carbonyl (C=O) groups excluding carboxylic acids is 1. The van der Waals surface area contributed by atoms with Gasteiger partial charge in [0.2, 0.25) is 0 Å². The Bertz CT molecular complexity index is 501. The van der Waals surface area contributed by atoms with Crippen molar-refractivity contribution in [3.8, 4) is 0 Å². The zero-order valence-corrected chi connectivity index (χ0v) is 14.8. The van der Waals surface area contributed by atoms with E-state index in [1.165, 1.54) is 19.3 Å². The van der Waals surface area contributed by atoms with E-state index in [-0.39, 0.29) is 18.4 Å². The van der Waals surface area contributed by atoms with E-state index in [0.717, 1.165) is 37.9 Å². The van der Waals surface area contributed by atoms with Gasteiger partial charge >= 0.3 is 5.97 Å². The number of piperidine rings is 1. The Hall–Kier alpha value is -1.06. The summed E-state index contributed by atoms with van der Waals surface area (Å²) in [5.74, 6) is -0.0192. The summed E-state index contributed by atoms with van der Waals surface area (Å²) in [5, 5.41) is 0. The lowest BCUT2D eigenvalue weighted by atomic mass is 9.74. The molecule has 3 rings (SSSR count). The molecule has 3 nitrogen and oxygen atoms in total. The first-order valence-electron chi connectivity index (χ1n) is 8.76. The number of rotatable bonds is 4. The molecule has 128 valence electrons. The van der Waals surface area contributed by atoms with Crippen LogP contribution in [0.5, 0.6) is 0 Å².